The molecule has 0 saturated carbocycles. The van der Waals surface area contributed by atoms with Crippen LogP contribution in [-0.4, -0.2) is 37.2 Å². The predicted octanol–water partition coefficient (Wildman–Crippen LogP) is 22.7. The summed E-state index contributed by atoms with van der Waals surface area (Å²) >= 11 is 0. The molecule has 0 rings (SSSR count). The Morgan fingerprint density at radius 2 is 0.506 bits per heavy atom. The zero-order valence-corrected chi connectivity index (χ0v) is 51.0. The van der Waals surface area contributed by atoms with E-state index in [0.29, 0.717) is 19.3 Å². The molecule has 444 valence electrons. The highest BCUT2D eigenvalue weighted by Gasteiger charge is 2.19. The molecular weight excluding hydrogens is 949 g/mol. The molecule has 0 saturated heterocycles. The van der Waals surface area contributed by atoms with Gasteiger partial charge in [-0.25, -0.2) is 0 Å². The molecule has 1 unspecified atom stereocenters. The number of carbonyl (C=O) groups is 3. The maximum absolute atomic E-state index is 12.9. The van der Waals surface area contributed by atoms with Crippen molar-refractivity contribution >= 4 is 17.9 Å². The summed E-state index contributed by atoms with van der Waals surface area (Å²) in [4.78, 5) is 38.1. The molecule has 0 fully saturated rings. The number of hydrogen-bond donors (Lipinski definition) is 0. The zero-order valence-electron chi connectivity index (χ0n) is 51.0. The highest BCUT2D eigenvalue weighted by molar-refractivity contribution is 5.71. The fraction of sp³-hybridized carbons (Fsp3) is 0.761. The molecular formula is C71H124O6. The minimum absolute atomic E-state index is 0.0744. The predicted molar refractivity (Wildman–Crippen MR) is 334 cm³/mol. The van der Waals surface area contributed by atoms with Crippen LogP contribution in [0.5, 0.6) is 0 Å². The van der Waals surface area contributed by atoms with Crippen LogP contribution in [-0.2, 0) is 28.6 Å². The molecule has 77 heavy (non-hydrogen) atoms. The summed E-state index contributed by atoms with van der Waals surface area (Å²) in [5.41, 5.74) is 0. The lowest BCUT2D eigenvalue weighted by molar-refractivity contribution is -0.167. The van der Waals surface area contributed by atoms with E-state index in [0.717, 1.165) is 96.3 Å². The quantitative estimate of drug-likeness (QED) is 0.0261. The maximum atomic E-state index is 12.9. The van der Waals surface area contributed by atoms with Gasteiger partial charge in [-0.1, -0.05) is 298 Å². The van der Waals surface area contributed by atoms with Crippen LogP contribution in [0.2, 0.25) is 0 Å². The summed E-state index contributed by atoms with van der Waals surface area (Å²) in [6.45, 7) is 6.51. The monoisotopic (exact) mass is 1070 g/mol. The first-order chi connectivity index (χ1) is 38.0. The number of carbonyl (C=O) groups excluding carboxylic acids is 3. The van der Waals surface area contributed by atoms with Gasteiger partial charge in [0.05, 0.1) is 0 Å². The maximum Gasteiger partial charge on any atom is 0.306 e. The average molecular weight is 1070 g/mol. The fourth-order valence-electron chi connectivity index (χ4n) is 9.44. The summed E-state index contributed by atoms with van der Waals surface area (Å²) in [6, 6.07) is 0. The summed E-state index contributed by atoms with van der Waals surface area (Å²) in [6.07, 6.45) is 86.2. The first-order valence-electron chi connectivity index (χ1n) is 33.1. The van der Waals surface area contributed by atoms with Crippen LogP contribution in [0.1, 0.15) is 329 Å². The summed E-state index contributed by atoms with van der Waals surface area (Å²) in [5.74, 6) is -0.872. The minimum atomic E-state index is -0.775. The van der Waals surface area contributed by atoms with Gasteiger partial charge in [-0.3, -0.25) is 14.4 Å². The molecule has 0 spiro atoms. The Morgan fingerprint density at radius 3 is 0.805 bits per heavy atom. The summed E-state index contributed by atoms with van der Waals surface area (Å²) < 4.78 is 16.9. The number of hydrogen-bond acceptors (Lipinski definition) is 6. The van der Waals surface area contributed by atoms with Crippen molar-refractivity contribution in [2.45, 2.75) is 335 Å². The lowest BCUT2D eigenvalue weighted by Gasteiger charge is -2.18. The zero-order chi connectivity index (χ0) is 55.7. The lowest BCUT2D eigenvalue weighted by Crippen LogP contribution is -2.30. The third-order valence-electron chi connectivity index (χ3n) is 14.4. The third kappa shape index (κ3) is 63.3. The van der Waals surface area contributed by atoms with Crippen LogP contribution in [0.3, 0.4) is 0 Å². The van der Waals surface area contributed by atoms with Crippen molar-refractivity contribution in [1.82, 2.24) is 0 Å². The van der Waals surface area contributed by atoms with Gasteiger partial charge in [-0.05, 0) is 96.3 Å². The van der Waals surface area contributed by atoms with Gasteiger partial charge >= 0.3 is 17.9 Å². The van der Waals surface area contributed by atoms with Gasteiger partial charge in [0.1, 0.15) is 13.2 Å². The summed E-state index contributed by atoms with van der Waals surface area (Å²) in [7, 11) is 0. The van der Waals surface area contributed by atoms with Gasteiger partial charge in [0.25, 0.3) is 0 Å². The molecule has 0 aromatic rings. The number of rotatable bonds is 60. The molecule has 0 aromatic carbocycles. The van der Waals surface area contributed by atoms with Gasteiger partial charge in [0, 0.05) is 19.3 Å². The Labute approximate surface area is 477 Å². The van der Waals surface area contributed by atoms with Crippen molar-refractivity contribution < 1.29 is 28.6 Å². The van der Waals surface area contributed by atoms with Gasteiger partial charge < -0.3 is 14.2 Å². The van der Waals surface area contributed by atoms with E-state index in [9.17, 15) is 14.4 Å². The fourth-order valence-corrected chi connectivity index (χ4v) is 9.44. The Balaban J connectivity index is 4.09. The molecule has 0 aromatic heterocycles. The third-order valence-corrected chi connectivity index (χ3v) is 14.4. The molecule has 0 heterocycles. The van der Waals surface area contributed by atoms with Crippen molar-refractivity contribution in [2.75, 3.05) is 13.2 Å². The van der Waals surface area contributed by atoms with E-state index in [1.54, 1.807) is 0 Å². The molecule has 6 heteroatoms. The second-order valence-corrected chi connectivity index (χ2v) is 22.0. The molecule has 0 N–H and O–H groups in total. The molecule has 0 aliphatic carbocycles. The second kappa shape index (κ2) is 65.1. The molecule has 0 bridgehead atoms. The van der Waals surface area contributed by atoms with Crippen LogP contribution in [0.15, 0.2) is 85.1 Å². The number of esters is 3. The smallest absolute Gasteiger partial charge is 0.306 e. The van der Waals surface area contributed by atoms with E-state index in [1.165, 1.54) is 193 Å². The van der Waals surface area contributed by atoms with E-state index in [-0.39, 0.29) is 31.1 Å². The van der Waals surface area contributed by atoms with Crippen molar-refractivity contribution in [1.29, 1.82) is 0 Å². The summed E-state index contributed by atoms with van der Waals surface area (Å²) in [5, 5.41) is 0. The molecule has 0 radical (unpaired) electrons. The van der Waals surface area contributed by atoms with E-state index in [4.69, 9.17) is 14.2 Å². The van der Waals surface area contributed by atoms with Gasteiger partial charge in [0.2, 0.25) is 0 Å². The average Bonchev–Trinajstić information content (AvgIpc) is 3.43. The number of allylic oxidation sites excluding steroid dienone is 14. The Hall–Kier alpha value is -3.41. The lowest BCUT2D eigenvalue weighted by atomic mass is 10.0. The van der Waals surface area contributed by atoms with Crippen molar-refractivity contribution in [3.8, 4) is 0 Å². The Morgan fingerprint density at radius 1 is 0.273 bits per heavy atom. The molecule has 0 aliphatic heterocycles. The van der Waals surface area contributed by atoms with Gasteiger partial charge in [0.15, 0.2) is 6.10 Å². The van der Waals surface area contributed by atoms with E-state index in [2.05, 4.69) is 106 Å². The van der Waals surface area contributed by atoms with Crippen LogP contribution in [0.25, 0.3) is 0 Å². The van der Waals surface area contributed by atoms with Crippen molar-refractivity contribution in [3.63, 3.8) is 0 Å². The standard InChI is InChI=1S/C71H124O6/c1-4-7-10-13-16-18-20-22-24-26-28-30-31-32-33-34-35-36-37-38-39-41-42-44-46-48-50-52-55-58-61-64-70(73)76-67-68(66-75-69(72)63-60-57-54-15-12-9-6-3)77-71(74)65-62-59-56-53-51-49-47-45-43-40-29-27-25-23-21-19-17-14-11-8-5-2/h7,10,16,18,22,24,27-30,32-33,35-36,68H,4-6,8-9,11-15,17,19-21,23,25-26,31,34,37-67H2,1-3H3/b10-7-,18-16-,24-22-,29-27-,30-28-,33-32-,36-35-. The topological polar surface area (TPSA) is 78.9 Å². The second-order valence-electron chi connectivity index (χ2n) is 22.0. The molecule has 0 aliphatic rings. The number of unbranched alkanes of at least 4 members (excludes halogenated alkanes) is 35. The van der Waals surface area contributed by atoms with Gasteiger partial charge in [-0.15, -0.1) is 0 Å². The van der Waals surface area contributed by atoms with Crippen LogP contribution >= 0.6 is 0 Å². The van der Waals surface area contributed by atoms with E-state index < -0.39 is 6.10 Å². The SMILES string of the molecule is CC/C=C\C/C=C\C/C=C\C/C=C\C/C=C\C/C=C\CCCCCCCCCCCCCCC(=O)OCC(COC(=O)CCCCCCCCC)OC(=O)CCCCCCCCCCC/C=C\CCCCCCCCCC. The number of ether oxygens (including phenoxy) is 3. The minimum Gasteiger partial charge on any atom is -0.462 e. The Kier molecular flexibility index (Phi) is 62.2. The van der Waals surface area contributed by atoms with Crippen LogP contribution in [0, 0.1) is 0 Å². The molecule has 1 atom stereocenters. The van der Waals surface area contributed by atoms with E-state index in [1.807, 2.05) is 0 Å². The van der Waals surface area contributed by atoms with E-state index >= 15 is 0 Å². The Bertz CT molecular complexity index is 1470. The largest absolute Gasteiger partial charge is 0.462 e. The highest BCUT2D eigenvalue weighted by atomic mass is 16.6. The molecule has 0 amide bonds. The first kappa shape index (κ1) is 73.6. The van der Waals surface area contributed by atoms with Gasteiger partial charge in [-0.2, -0.15) is 0 Å². The normalized spacial score (nSPS) is 12.6. The van der Waals surface area contributed by atoms with Crippen LogP contribution < -0.4 is 0 Å². The highest BCUT2D eigenvalue weighted by Crippen LogP contribution is 2.17. The van der Waals surface area contributed by atoms with Crippen molar-refractivity contribution in [3.05, 3.63) is 85.1 Å². The van der Waals surface area contributed by atoms with Crippen LogP contribution in [0.4, 0.5) is 0 Å². The van der Waals surface area contributed by atoms with Crippen molar-refractivity contribution in [2.24, 2.45) is 0 Å². The first-order valence-corrected chi connectivity index (χ1v) is 33.1. The molecule has 6 nitrogen and oxygen atoms in total.